The van der Waals surface area contributed by atoms with Gasteiger partial charge in [0.25, 0.3) is 0 Å². The van der Waals surface area contributed by atoms with Gasteiger partial charge in [0.2, 0.25) is 0 Å². The van der Waals surface area contributed by atoms with Gasteiger partial charge in [0.1, 0.15) is 17.5 Å². The number of anilines is 1. The summed E-state index contributed by atoms with van der Waals surface area (Å²) in [6.07, 6.45) is 4.98. The van der Waals surface area contributed by atoms with Gasteiger partial charge in [0, 0.05) is 0 Å². The van der Waals surface area contributed by atoms with Crippen molar-refractivity contribution >= 4 is 17.7 Å². The first-order chi connectivity index (χ1) is 15.8. The Kier molecular flexibility index (Phi) is 5.43. The van der Waals surface area contributed by atoms with Crippen LogP contribution in [0.2, 0.25) is 0 Å². The number of ether oxygens (including phenoxy) is 2. The van der Waals surface area contributed by atoms with Crippen LogP contribution in [-0.4, -0.2) is 35.0 Å². The monoisotopic (exact) mass is 454 g/mol. The highest BCUT2D eigenvalue weighted by Crippen LogP contribution is 2.56. The Hall–Kier alpha value is -2.87. The molecule has 2 N–H and O–H groups in total. The number of rotatable bonds is 7. The van der Waals surface area contributed by atoms with Crippen LogP contribution in [0.15, 0.2) is 28.8 Å². The zero-order valence-corrected chi connectivity index (χ0v) is 19.1. The standard InChI is InChI=1S/C25H30N2O6/c1-15-21(26-23(30)32-16(2)18-5-6-18)22(33-27-15)24-9-11-25(12-10-24,31-14-24)19-7-3-17(4-8-19)13-20(28)29/h3-4,7-8,16,18H,5-6,9-14H2,1-2H3,(H,26,30)(H,28,29)/t16-,24?,25?/m1/s1. The Morgan fingerprint density at radius 2 is 1.91 bits per heavy atom. The molecule has 2 saturated heterocycles. The van der Waals surface area contributed by atoms with Gasteiger partial charge in [0.15, 0.2) is 5.76 Å². The summed E-state index contributed by atoms with van der Waals surface area (Å²) in [4.78, 5) is 23.5. The van der Waals surface area contributed by atoms with Crippen LogP contribution in [0.5, 0.6) is 0 Å². The number of amides is 1. The molecule has 1 amide bonds. The Morgan fingerprint density at radius 3 is 2.48 bits per heavy atom. The number of aryl methyl sites for hydroxylation is 1. The van der Waals surface area contributed by atoms with E-state index in [9.17, 15) is 9.59 Å². The second kappa shape index (κ2) is 8.17. The molecule has 1 aromatic heterocycles. The van der Waals surface area contributed by atoms with E-state index in [0.29, 0.717) is 29.7 Å². The molecular formula is C25H30N2O6. The summed E-state index contributed by atoms with van der Waals surface area (Å²) in [5.41, 5.74) is 2.38. The van der Waals surface area contributed by atoms with E-state index in [0.717, 1.165) is 49.7 Å². The van der Waals surface area contributed by atoms with Crippen LogP contribution in [-0.2, 0) is 31.7 Å². The van der Waals surface area contributed by atoms with Crippen molar-refractivity contribution in [2.75, 3.05) is 11.9 Å². The highest BCUT2D eigenvalue weighted by atomic mass is 16.6. The summed E-state index contributed by atoms with van der Waals surface area (Å²) in [5, 5.41) is 16.0. The van der Waals surface area contributed by atoms with Gasteiger partial charge in [-0.25, -0.2) is 4.79 Å². The van der Waals surface area contributed by atoms with Crippen LogP contribution < -0.4 is 5.32 Å². The molecule has 33 heavy (non-hydrogen) atoms. The van der Waals surface area contributed by atoms with Crippen molar-refractivity contribution in [3.8, 4) is 0 Å². The van der Waals surface area contributed by atoms with E-state index in [1.807, 2.05) is 38.1 Å². The van der Waals surface area contributed by atoms with Gasteiger partial charge in [-0.2, -0.15) is 0 Å². The Bertz CT molecular complexity index is 1030. The second-order valence-corrected chi connectivity index (χ2v) is 9.88. The molecule has 1 atom stereocenters. The lowest BCUT2D eigenvalue weighted by atomic mass is 9.63. The lowest BCUT2D eigenvalue weighted by Crippen LogP contribution is -2.51. The van der Waals surface area contributed by atoms with Crippen LogP contribution >= 0.6 is 0 Å². The van der Waals surface area contributed by atoms with E-state index in [2.05, 4.69) is 10.5 Å². The third kappa shape index (κ3) is 4.12. The van der Waals surface area contributed by atoms with Crippen LogP contribution in [0.4, 0.5) is 10.5 Å². The molecule has 176 valence electrons. The molecule has 6 rings (SSSR count). The minimum absolute atomic E-state index is 0.0136. The average Bonchev–Trinajstić information content (AvgIpc) is 3.59. The van der Waals surface area contributed by atoms with Crippen LogP contribution in [0.25, 0.3) is 0 Å². The number of benzene rings is 1. The fourth-order valence-electron chi connectivity index (χ4n) is 5.30. The molecule has 2 aliphatic carbocycles. The molecule has 2 aliphatic heterocycles. The highest BCUT2D eigenvalue weighted by molar-refractivity contribution is 5.86. The van der Waals surface area contributed by atoms with Crippen molar-refractivity contribution < 1.29 is 28.7 Å². The predicted octanol–water partition coefficient (Wildman–Crippen LogP) is 4.69. The van der Waals surface area contributed by atoms with E-state index in [-0.39, 0.29) is 23.5 Å². The molecule has 0 unspecified atom stereocenters. The number of carboxylic acids is 1. The number of nitrogens with zero attached hydrogens (tertiary/aromatic N) is 1. The molecule has 4 fully saturated rings. The van der Waals surface area contributed by atoms with Gasteiger partial charge in [0.05, 0.1) is 24.0 Å². The van der Waals surface area contributed by atoms with Crippen molar-refractivity contribution in [1.82, 2.24) is 5.16 Å². The van der Waals surface area contributed by atoms with E-state index in [1.54, 1.807) is 0 Å². The number of aromatic nitrogens is 1. The molecule has 3 heterocycles. The number of aliphatic carboxylic acids is 1. The third-order valence-electron chi connectivity index (χ3n) is 7.63. The number of carbonyl (C=O) groups is 2. The molecule has 2 bridgehead atoms. The lowest BCUT2D eigenvalue weighted by Gasteiger charge is -2.52. The third-order valence-corrected chi connectivity index (χ3v) is 7.63. The van der Waals surface area contributed by atoms with E-state index >= 15 is 0 Å². The summed E-state index contributed by atoms with van der Waals surface area (Å²) in [6, 6.07) is 7.71. The Labute approximate surface area is 192 Å². The van der Waals surface area contributed by atoms with Gasteiger partial charge >= 0.3 is 12.1 Å². The summed E-state index contributed by atoms with van der Waals surface area (Å²) in [5.74, 6) is 0.296. The van der Waals surface area contributed by atoms with Gasteiger partial charge in [-0.1, -0.05) is 29.4 Å². The van der Waals surface area contributed by atoms with Crippen LogP contribution in [0.3, 0.4) is 0 Å². The molecule has 2 saturated carbocycles. The van der Waals surface area contributed by atoms with Crippen LogP contribution in [0.1, 0.15) is 68.0 Å². The lowest BCUT2D eigenvalue weighted by molar-refractivity contribution is -0.167. The Balaban J connectivity index is 1.30. The average molecular weight is 455 g/mol. The minimum Gasteiger partial charge on any atom is -0.481 e. The molecule has 0 radical (unpaired) electrons. The largest absolute Gasteiger partial charge is 0.481 e. The van der Waals surface area contributed by atoms with Crippen molar-refractivity contribution in [3.05, 3.63) is 46.8 Å². The number of hydrogen-bond donors (Lipinski definition) is 2. The molecule has 2 aromatic rings. The van der Waals surface area contributed by atoms with Crippen molar-refractivity contribution in [1.29, 1.82) is 0 Å². The topological polar surface area (TPSA) is 111 Å². The highest BCUT2D eigenvalue weighted by Gasteiger charge is 2.54. The summed E-state index contributed by atoms with van der Waals surface area (Å²) < 4.78 is 17.8. The van der Waals surface area contributed by atoms with Gasteiger partial charge in [-0.3, -0.25) is 10.1 Å². The Morgan fingerprint density at radius 1 is 1.21 bits per heavy atom. The molecule has 8 nitrogen and oxygen atoms in total. The number of carbonyl (C=O) groups excluding carboxylic acids is 1. The van der Waals surface area contributed by atoms with E-state index in [4.69, 9.17) is 19.1 Å². The first-order valence-electron chi connectivity index (χ1n) is 11.7. The quantitative estimate of drug-likeness (QED) is 0.624. The fraction of sp³-hybridized carbons (Fsp3) is 0.560. The summed E-state index contributed by atoms with van der Waals surface area (Å²) in [7, 11) is 0. The zero-order chi connectivity index (χ0) is 23.2. The van der Waals surface area contributed by atoms with E-state index < -0.39 is 12.1 Å². The van der Waals surface area contributed by atoms with E-state index in [1.165, 1.54) is 0 Å². The normalized spacial score (nSPS) is 27.2. The predicted molar refractivity (Wildman–Crippen MR) is 119 cm³/mol. The van der Waals surface area contributed by atoms with Crippen molar-refractivity contribution in [2.45, 2.75) is 75.9 Å². The van der Waals surface area contributed by atoms with Crippen LogP contribution in [0, 0.1) is 12.8 Å². The number of carboxylic acid groups (broad SMARTS) is 1. The number of fused-ring (bicyclic) bond motifs is 3. The van der Waals surface area contributed by atoms with Crippen molar-refractivity contribution in [2.24, 2.45) is 5.92 Å². The second-order valence-electron chi connectivity index (χ2n) is 9.88. The molecular weight excluding hydrogens is 424 g/mol. The van der Waals surface area contributed by atoms with Crippen molar-refractivity contribution in [3.63, 3.8) is 0 Å². The molecule has 1 aromatic carbocycles. The maximum Gasteiger partial charge on any atom is 0.412 e. The maximum absolute atomic E-state index is 12.5. The van der Waals surface area contributed by atoms with Gasteiger partial charge < -0.3 is 19.1 Å². The van der Waals surface area contributed by atoms with Gasteiger partial charge in [-0.05, 0) is 69.4 Å². The minimum atomic E-state index is -0.838. The molecule has 0 spiro atoms. The number of nitrogens with one attached hydrogen (secondary N) is 1. The summed E-state index contributed by atoms with van der Waals surface area (Å²) >= 11 is 0. The first kappa shape index (κ1) is 21.9. The number of hydrogen-bond acceptors (Lipinski definition) is 6. The van der Waals surface area contributed by atoms with Gasteiger partial charge in [-0.15, -0.1) is 0 Å². The zero-order valence-electron chi connectivity index (χ0n) is 19.1. The molecule has 8 heteroatoms. The molecule has 4 aliphatic rings. The SMILES string of the molecule is Cc1noc(C23CCC(c4ccc(CC(=O)O)cc4)(CC2)OC3)c1NC(=O)O[C@H](C)C1CC1. The maximum atomic E-state index is 12.5. The smallest absolute Gasteiger partial charge is 0.412 e. The first-order valence-corrected chi connectivity index (χ1v) is 11.7. The fourth-order valence-corrected chi connectivity index (χ4v) is 5.30. The summed E-state index contributed by atoms with van der Waals surface area (Å²) in [6.45, 7) is 4.22.